The number of hydrogen-bond acceptors (Lipinski definition) is 5. The van der Waals surface area contributed by atoms with E-state index in [0.717, 1.165) is 27.1 Å². The number of aryl methyl sites for hydroxylation is 1. The highest BCUT2D eigenvalue weighted by atomic mass is 32.2. The third-order valence-corrected chi connectivity index (χ3v) is 8.10. The van der Waals surface area contributed by atoms with E-state index >= 15 is 0 Å². The average Bonchev–Trinajstić information content (AvgIpc) is 3.20. The fraction of sp³-hybridized carbons (Fsp3) is 0.333. The summed E-state index contributed by atoms with van der Waals surface area (Å²) in [6.07, 6.45) is 0.770. The van der Waals surface area contributed by atoms with Gasteiger partial charge in [-0.25, -0.2) is 0 Å². The maximum atomic E-state index is 14.1. The number of methoxy groups -OCH3 is 1. The lowest BCUT2D eigenvalue weighted by atomic mass is 9.90. The largest absolute Gasteiger partial charge is 0.392 e. The Hall–Kier alpha value is -3.13. The topological polar surface area (TPSA) is 78.9 Å². The minimum atomic E-state index is -1.07. The number of rotatable bonds is 11. The molecule has 1 fully saturated rings. The van der Waals surface area contributed by atoms with Gasteiger partial charge in [0.1, 0.15) is 4.75 Å². The first-order valence-corrected chi connectivity index (χ1v) is 13.3. The van der Waals surface area contributed by atoms with Crippen molar-refractivity contribution in [2.75, 3.05) is 20.3 Å². The fourth-order valence-corrected chi connectivity index (χ4v) is 6.19. The van der Waals surface area contributed by atoms with Crippen LogP contribution < -0.4 is 5.32 Å². The van der Waals surface area contributed by atoms with Gasteiger partial charge in [0.2, 0.25) is 11.8 Å². The summed E-state index contributed by atoms with van der Waals surface area (Å²) in [6, 6.07) is 25.0. The molecule has 0 aliphatic carbocycles. The summed E-state index contributed by atoms with van der Waals surface area (Å²) < 4.78 is 4.08. The zero-order chi connectivity index (χ0) is 26.3. The maximum Gasteiger partial charge on any atom is 0.239 e. The molecule has 1 saturated heterocycles. The van der Waals surface area contributed by atoms with Crippen LogP contribution in [0, 0.1) is 6.92 Å². The molecule has 1 aliphatic rings. The molecule has 0 bridgehead atoms. The van der Waals surface area contributed by atoms with E-state index in [1.807, 2.05) is 90.7 Å². The summed E-state index contributed by atoms with van der Waals surface area (Å²) in [7, 11) is 1.64. The molecule has 1 heterocycles. The van der Waals surface area contributed by atoms with Crippen molar-refractivity contribution in [3.63, 3.8) is 0 Å². The highest BCUT2D eigenvalue weighted by molar-refractivity contribution is 8.01. The fourth-order valence-electron chi connectivity index (χ4n) is 4.76. The molecule has 0 aromatic heterocycles. The van der Waals surface area contributed by atoms with E-state index in [1.165, 1.54) is 11.8 Å². The molecule has 4 rings (SSSR count). The van der Waals surface area contributed by atoms with E-state index in [9.17, 15) is 14.7 Å². The monoisotopic (exact) mass is 518 g/mol. The van der Waals surface area contributed by atoms with Crippen LogP contribution in [0.15, 0.2) is 83.8 Å². The Bertz CT molecular complexity index is 1180. The number of likely N-dealkylation sites (tertiary alicyclic amines) is 1. The lowest BCUT2D eigenvalue weighted by Crippen LogP contribution is -2.48. The molecule has 0 radical (unpaired) electrons. The van der Waals surface area contributed by atoms with Crippen molar-refractivity contribution in [1.29, 1.82) is 0 Å². The molecule has 0 unspecified atom stereocenters. The number of benzene rings is 3. The summed E-state index contributed by atoms with van der Waals surface area (Å²) in [5.41, 5.74) is 3.78. The summed E-state index contributed by atoms with van der Waals surface area (Å²) in [6.45, 7) is 3.37. The van der Waals surface area contributed by atoms with Crippen molar-refractivity contribution < 1.29 is 19.4 Å². The standard InChI is InChI=1S/C30H34N2O4S/c1-22-9-15-26(16-10-22)37-30(29(35)31-17-6-18-36-2)19-27(34)32(20-23-7-4-3-5-8-23)28(30)25-13-11-24(21-33)12-14-25/h3-5,7-16,28,33H,6,17-21H2,1-2H3,(H,31,35)/t28-,30-/m1/s1. The van der Waals surface area contributed by atoms with Crippen LogP contribution in [0.25, 0.3) is 0 Å². The second kappa shape index (κ2) is 12.4. The number of thioether (sulfide) groups is 1. The Labute approximate surface area is 223 Å². The molecular weight excluding hydrogens is 484 g/mol. The molecule has 1 aliphatic heterocycles. The van der Waals surface area contributed by atoms with Gasteiger partial charge in [0.05, 0.1) is 19.1 Å². The molecule has 3 aromatic rings. The van der Waals surface area contributed by atoms with Crippen LogP contribution in [-0.4, -0.2) is 46.8 Å². The van der Waals surface area contributed by atoms with Gasteiger partial charge in [0, 0.05) is 31.7 Å². The molecular formula is C30H34N2O4S. The predicted octanol–water partition coefficient (Wildman–Crippen LogP) is 4.64. The number of nitrogens with zero attached hydrogens (tertiary/aromatic N) is 1. The van der Waals surface area contributed by atoms with E-state index in [0.29, 0.717) is 26.1 Å². The Morgan fingerprint density at radius 1 is 1.05 bits per heavy atom. The van der Waals surface area contributed by atoms with E-state index in [2.05, 4.69) is 5.32 Å². The number of aliphatic hydroxyl groups is 1. The van der Waals surface area contributed by atoms with Gasteiger partial charge in [-0.05, 0) is 42.2 Å². The average molecular weight is 519 g/mol. The number of aliphatic hydroxyl groups excluding tert-OH is 1. The number of ether oxygens (including phenoxy) is 1. The van der Waals surface area contributed by atoms with Gasteiger partial charge in [0.15, 0.2) is 0 Å². The Kier molecular flexibility index (Phi) is 9.03. The smallest absolute Gasteiger partial charge is 0.239 e. The Balaban J connectivity index is 1.79. The summed E-state index contributed by atoms with van der Waals surface area (Å²) in [5.74, 6) is -0.221. The predicted molar refractivity (Wildman–Crippen MR) is 146 cm³/mol. The third kappa shape index (κ3) is 6.24. The normalized spacial score (nSPS) is 19.3. The van der Waals surface area contributed by atoms with Crippen LogP contribution >= 0.6 is 11.8 Å². The summed E-state index contributed by atoms with van der Waals surface area (Å²) in [5, 5.41) is 12.7. The van der Waals surface area contributed by atoms with Gasteiger partial charge < -0.3 is 20.1 Å². The van der Waals surface area contributed by atoms with Gasteiger partial charge in [-0.15, -0.1) is 11.8 Å². The van der Waals surface area contributed by atoms with Crippen molar-refractivity contribution in [3.05, 3.63) is 101 Å². The first-order chi connectivity index (χ1) is 18.0. The van der Waals surface area contributed by atoms with Crippen LogP contribution in [0.1, 0.15) is 41.1 Å². The minimum Gasteiger partial charge on any atom is -0.392 e. The molecule has 194 valence electrons. The van der Waals surface area contributed by atoms with E-state index in [1.54, 1.807) is 7.11 Å². The SMILES string of the molecule is COCCCNC(=O)[C@@]1(Sc2ccc(C)cc2)CC(=O)N(Cc2ccccc2)[C@@H]1c1ccc(CO)cc1. The van der Waals surface area contributed by atoms with Crippen molar-refractivity contribution in [2.45, 2.75) is 48.6 Å². The summed E-state index contributed by atoms with van der Waals surface area (Å²) in [4.78, 5) is 30.5. The highest BCUT2D eigenvalue weighted by Crippen LogP contribution is 2.53. The van der Waals surface area contributed by atoms with Crippen LogP contribution in [0.3, 0.4) is 0 Å². The van der Waals surface area contributed by atoms with E-state index in [-0.39, 0.29) is 24.8 Å². The lowest BCUT2D eigenvalue weighted by molar-refractivity contribution is -0.129. The van der Waals surface area contributed by atoms with Gasteiger partial charge in [-0.3, -0.25) is 9.59 Å². The molecule has 0 spiro atoms. The van der Waals surface area contributed by atoms with Crippen molar-refractivity contribution in [3.8, 4) is 0 Å². The molecule has 3 aromatic carbocycles. The van der Waals surface area contributed by atoms with Crippen LogP contribution in [0.5, 0.6) is 0 Å². The van der Waals surface area contributed by atoms with Gasteiger partial charge in [0.25, 0.3) is 0 Å². The van der Waals surface area contributed by atoms with Crippen LogP contribution in [-0.2, 0) is 27.5 Å². The van der Waals surface area contributed by atoms with E-state index < -0.39 is 10.8 Å². The first kappa shape index (κ1) is 26.9. The zero-order valence-electron chi connectivity index (χ0n) is 21.4. The van der Waals surface area contributed by atoms with E-state index in [4.69, 9.17) is 4.74 Å². The molecule has 37 heavy (non-hydrogen) atoms. The third-order valence-electron chi connectivity index (χ3n) is 6.68. The number of amides is 2. The number of carbonyl (C=O) groups excluding carboxylic acids is 2. The second-order valence-electron chi connectivity index (χ2n) is 9.39. The molecule has 6 nitrogen and oxygen atoms in total. The highest BCUT2D eigenvalue weighted by Gasteiger charge is 2.57. The number of nitrogens with one attached hydrogen (secondary N) is 1. The number of carbonyl (C=O) groups is 2. The molecule has 0 saturated carbocycles. The zero-order valence-corrected chi connectivity index (χ0v) is 22.2. The second-order valence-corrected chi connectivity index (χ2v) is 10.8. The van der Waals surface area contributed by atoms with Crippen molar-refractivity contribution in [2.24, 2.45) is 0 Å². The van der Waals surface area contributed by atoms with Crippen LogP contribution in [0.4, 0.5) is 0 Å². The first-order valence-electron chi connectivity index (χ1n) is 12.5. The maximum absolute atomic E-state index is 14.1. The van der Waals surface area contributed by atoms with Gasteiger partial charge >= 0.3 is 0 Å². The Morgan fingerprint density at radius 2 is 1.76 bits per heavy atom. The summed E-state index contributed by atoms with van der Waals surface area (Å²) >= 11 is 1.46. The van der Waals surface area contributed by atoms with Crippen molar-refractivity contribution >= 4 is 23.6 Å². The molecule has 2 amide bonds. The van der Waals surface area contributed by atoms with Crippen molar-refractivity contribution in [1.82, 2.24) is 10.2 Å². The Morgan fingerprint density at radius 3 is 2.41 bits per heavy atom. The quantitative estimate of drug-likeness (QED) is 0.362. The minimum absolute atomic E-state index is 0.0632. The van der Waals surface area contributed by atoms with Gasteiger partial charge in [-0.1, -0.05) is 72.3 Å². The molecule has 7 heteroatoms. The molecule has 2 atom stereocenters. The van der Waals surface area contributed by atoms with Crippen LogP contribution in [0.2, 0.25) is 0 Å². The van der Waals surface area contributed by atoms with Gasteiger partial charge in [-0.2, -0.15) is 0 Å². The lowest BCUT2D eigenvalue weighted by Gasteiger charge is -2.37. The molecule has 2 N–H and O–H groups in total. The number of hydrogen-bond donors (Lipinski definition) is 2.